The van der Waals surface area contributed by atoms with Gasteiger partial charge in [0.2, 0.25) is 5.69 Å². The number of hydrogen-bond donors (Lipinski definition) is 1. The minimum atomic E-state index is -4.90. The van der Waals surface area contributed by atoms with Crippen molar-refractivity contribution in [3.63, 3.8) is 0 Å². The van der Waals surface area contributed by atoms with Crippen molar-refractivity contribution in [1.29, 1.82) is 0 Å². The lowest BCUT2D eigenvalue weighted by Gasteiger charge is -2.12. The summed E-state index contributed by atoms with van der Waals surface area (Å²) >= 11 is 6.72. The van der Waals surface area contributed by atoms with Gasteiger partial charge in [0.1, 0.15) is 23.0 Å². The highest BCUT2D eigenvalue weighted by Crippen LogP contribution is 2.37. The number of carbonyl (C=O) groups excluding carboxylic acids is 1. The minimum Gasteiger partial charge on any atom is -0.618 e. The number of benzene rings is 1. The Bertz CT molecular complexity index is 1010. The number of rotatable bonds is 5. The molecule has 11 heteroatoms. The van der Waals surface area contributed by atoms with Crippen molar-refractivity contribution in [2.24, 2.45) is 0 Å². The molecule has 0 atom stereocenters. The Morgan fingerprint density at radius 2 is 2.11 bits per heavy atom. The molecule has 146 valence electrons. The van der Waals surface area contributed by atoms with Crippen LogP contribution in [0.25, 0.3) is 10.6 Å². The molecule has 0 spiro atoms. The number of hydrogen-bond acceptors (Lipinski definition) is 5. The average Bonchev–Trinajstić information content (AvgIpc) is 3.09. The van der Waals surface area contributed by atoms with E-state index in [4.69, 9.17) is 11.6 Å². The first-order chi connectivity index (χ1) is 13.2. The Labute approximate surface area is 165 Å². The predicted molar refractivity (Wildman–Crippen MR) is 95.8 cm³/mol. The lowest BCUT2D eigenvalue weighted by Crippen LogP contribution is -2.35. The first kappa shape index (κ1) is 19.9. The lowest BCUT2D eigenvalue weighted by atomic mass is 10.2. The highest BCUT2D eigenvalue weighted by molar-refractivity contribution is 7.13. The fraction of sp³-hybridized carbons (Fsp3) is 0.118. The maximum Gasteiger partial charge on any atom is 0.573 e. The average molecular weight is 430 g/mol. The number of nitrogens with one attached hydrogen (secondary N) is 1. The van der Waals surface area contributed by atoms with Crippen molar-refractivity contribution in [3.05, 3.63) is 69.6 Å². The van der Waals surface area contributed by atoms with Gasteiger partial charge in [0.05, 0.1) is 5.56 Å². The predicted octanol–water partition coefficient (Wildman–Crippen LogP) is 3.93. The molecule has 0 saturated heterocycles. The number of amides is 1. The van der Waals surface area contributed by atoms with Crippen LogP contribution in [0.5, 0.6) is 5.75 Å². The molecule has 1 N–H and O–H groups in total. The maximum atomic E-state index is 12.6. The number of pyridine rings is 1. The zero-order valence-electron chi connectivity index (χ0n) is 13.9. The van der Waals surface area contributed by atoms with Crippen LogP contribution in [-0.2, 0) is 6.54 Å². The van der Waals surface area contributed by atoms with Gasteiger partial charge in [0, 0.05) is 22.5 Å². The molecule has 0 aliphatic heterocycles. The molecule has 28 heavy (non-hydrogen) atoms. The quantitative estimate of drug-likeness (QED) is 0.492. The fourth-order valence-electron chi connectivity index (χ4n) is 2.25. The summed E-state index contributed by atoms with van der Waals surface area (Å²) in [6, 6.07) is 8.50. The Morgan fingerprint density at radius 3 is 2.82 bits per heavy atom. The van der Waals surface area contributed by atoms with E-state index in [0.717, 1.165) is 17.4 Å². The fourth-order valence-corrected chi connectivity index (χ4v) is 3.24. The van der Waals surface area contributed by atoms with Gasteiger partial charge in [-0.2, -0.15) is 4.73 Å². The summed E-state index contributed by atoms with van der Waals surface area (Å²) in [7, 11) is 0. The summed E-state index contributed by atoms with van der Waals surface area (Å²) in [5, 5.41) is 15.7. The minimum absolute atomic E-state index is 0.00119. The molecule has 3 aromatic rings. The van der Waals surface area contributed by atoms with E-state index in [2.05, 4.69) is 15.0 Å². The monoisotopic (exact) mass is 429 g/mol. The normalized spacial score (nSPS) is 11.3. The van der Waals surface area contributed by atoms with E-state index in [1.165, 1.54) is 23.7 Å². The Kier molecular flexibility index (Phi) is 5.71. The maximum absolute atomic E-state index is 12.6. The van der Waals surface area contributed by atoms with Crippen LogP contribution in [0.4, 0.5) is 13.2 Å². The summed E-state index contributed by atoms with van der Waals surface area (Å²) in [5.41, 5.74) is 0.373. The molecule has 2 heterocycles. The largest absolute Gasteiger partial charge is 0.618 e. The molecule has 1 aromatic carbocycles. The van der Waals surface area contributed by atoms with Crippen molar-refractivity contribution < 1.29 is 27.4 Å². The molecule has 3 rings (SSSR count). The second-order valence-corrected chi connectivity index (χ2v) is 6.72. The van der Waals surface area contributed by atoms with Crippen LogP contribution < -0.4 is 14.8 Å². The van der Waals surface area contributed by atoms with Crippen molar-refractivity contribution in [3.8, 4) is 16.3 Å². The third-order valence-corrected chi connectivity index (χ3v) is 4.58. The molecular weight excluding hydrogens is 419 g/mol. The molecule has 0 bridgehead atoms. The van der Waals surface area contributed by atoms with Crippen LogP contribution in [0.15, 0.2) is 48.0 Å². The van der Waals surface area contributed by atoms with Crippen molar-refractivity contribution in [1.82, 2.24) is 10.3 Å². The molecule has 1 amide bonds. The van der Waals surface area contributed by atoms with Gasteiger partial charge >= 0.3 is 6.36 Å². The molecule has 0 unspecified atom stereocenters. The second kappa shape index (κ2) is 8.03. The molecule has 6 nitrogen and oxygen atoms in total. The van der Waals surface area contributed by atoms with Gasteiger partial charge in [0.15, 0.2) is 6.20 Å². The van der Waals surface area contributed by atoms with Gasteiger partial charge in [0.25, 0.3) is 5.91 Å². The zero-order valence-corrected chi connectivity index (χ0v) is 15.4. The summed E-state index contributed by atoms with van der Waals surface area (Å²) in [4.78, 5) is 16.3. The van der Waals surface area contributed by atoms with E-state index in [0.29, 0.717) is 10.4 Å². The van der Waals surface area contributed by atoms with Gasteiger partial charge < -0.3 is 15.3 Å². The van der Waals surface area contributed by atoms with Gasteiger partial charge in [-0.25, -0.2) is 4.98 Å². The summed E-state index contributed by atoms with van der Waals surface area (Å²) < 4.78 is 42.5. The second-order valence-electron chi connectivity index (χ2n) is 5.43. The van der Waals surface area contributed by atoms with Gasteiger partial charge in [-0.1, -0.05) is 11.6 Å². The summed E-state index contributed by atoms with van der Waals surface area (Å²) in [6.07, 6.45) is -3.61. The topological polar surface area (TPSA) is 78.2 Å². The lowest BCUT2D eigenvalue weighted by molar-refractivity contribution is -0.614. The van der Waals surface area contributed by atoms with Crippen molar-refractivity contribution in [2.75, 3.05) is 0 Å². The van der Waals surface area contributed by atoms with E-state index in [1.54, 1.807) is 18.2 Å². The zero-order chi connectivity index (χ0) is 20.3. The van der Waals surface area contributed by atoms with Gasteiger partial charge in [-0.3, -0.25) is 4.79 Å². The smallest absolute Gasteiger partial charge is 0.573 e. The molecular formula is C17H11ClF3N3O3S. The van der Waals surface area contributed by atoms with Gasteiger partial charge in [-0.05, 0) is 24.3 Å². The third-order valence-electron chi connectivity index (χ3n) is 3.47. The van der Waals surface area contributed by atoms with Crippen LogP contribution in [0.3, 0.4) is 0 Å². The van der Waals surface area contributed by atoms with E-state index < -0.39 is 18.0 Å². The molecule has 2 aromatic heterocycles. The van der Waals surface area contributed by atoms with Crippen molar-refractivity contribution >= 4 is 28.8 Å². The van der Waals surface area contributed by atoms with Crippen LogP contribution in [0.2, 0.25) is 5.02 Å². The van der Waals surface area contributed by atoms with Gasteiger partial charge in [-0.15, -0.1) is 24.5 Å². The van der Waals surface area contributed by atoms with E-state index in [1.807, 2.05) is 0 Å². The van der Waals surface area contributed by atoms with Crippen LogP contribution in [0.1, 0.15) is 16.2 Å². The first-order valence-electron chi connectivity index (χ1n) is 7.69. The Balaban J connectivity index is 1.78. The van der Waals surface area contributed by atoms with E-state index in [9.17, 15) is 23.2 Å². The molecule has 0 aliphatic rings. The number of nitrogens with zero attached hydrogens (tertiary/aromatic N) is 2. The highest BCUT2D eigenvalue weighted by atomic mass is 35.5. The summed E-state index contributed by atoms with van der Waals surface area (Å²) in [5.74, 6) is -1.09. The third kappa shape index (κ3) is 4.90. The Hall–Kier alpha value is -2.85. The standard InChI is InChI=1S/C17H11ClF3N3O3S/c18-10-4-5-12(14(7-10)27-17(19,20)21)16-23-13(9-28-16)15(25)22-8-11-3-1-2-6-24(11)26/h1-7,9H,8H2,(H,22,25). The number of thiazole rings is 1. The van der Waals surface area contributed by atoms with Crippen LogP contribution in [-0.4, -0.2) is 17.3 Å². The number of alkyl halides is 3. The molecule has 0 radical (unpaired) electrons. The number of carbonyl (C=O) groups is 1. The number of aromatic nitrogens is 2. The van der Waals surface area contributed by atoms with Crippen molar-refractivity contribution in [2.45, 2.75) is 12.9 Å². The number of halogens is 4. The van der Waals surface area contributed by atoms with Crippen LogP contribution in [0, 0.1) is 5.21 Å². The molecule has 0 aliphatic carbocycles. The van der Waals surface area contributed by atoms with E-state index in [-0.39, 0.29) is 27.8 Å². The highest BCUT2D eigenvalue weighted by Gasteiger charge is 2.32. The van der Waals surface area contributed by atoms with Crippen LogP contribution >= 0.6 is 22.9 Å². The SMILES string of the molecule is O=C(NCc1cccc[n+]1[O-])c1csc(-c2ccc(Cl)cc2OC(F)(F)F)n1. The molecule has 0 saturated carbocycles. The first-order valence-corrected chi connectivity index (χ1v) is 8.95. The number of ether oxygens (including phenoxy) is 1. The summed E-state index contributed by atoms with van der Waals surface area (Å²) in [6.45, 7) is -0.0284. The Morgan fingerprint density at radius 1 is 1.32 bits per heavy atom. The van der Waals surface area contributed by atoms with E-state index >= 15 is 0 Å². The molecule has 0 fully saturated rings.